The fourth-order valence-electron chi connectivity index (χ4n) is 9.27. The van der Waals surface area contributed by atoms with Gasteiger partial charge >= 0.3 is 0 Å². The van der Waals surface area contributed by atoms with Crippen molar-refractivity contribution in [3.63, 3.8) is 0 Å². The van der Waals surface area contributed by atoms with Crippen LogP contribution in [0.1, 0.15) is 0 Å². The van der Waals surface area contributed by atoms with E-state index in [-0.39, 0.29) is 0 Å². The average Bonchev–Trinajstić information content (AvgIpc) is 3.92. The molecule has 0 N–H and O–H groups in total. The highest BCUT2D eigenvalue weighted by Crippen LogP contribution is 2.51. The Hall–Kier alpha value is -7.30. The molecule has 0 aliphatic heterocycles. The monoisotopic (exact) mass is 811 g/mol. The molecule has 0 aliphatic rings. The molecule has 0 atom stereocenters. The Bertz CT molecular complexity index is 3570. The van der Waals surface area contributed by atoms with Gasteiger partial charge in [-0.1, -0.05) is 182 Å². The molecule has 0 bridgehead atoms. The molecule has 286 valence electrons. The van der Waals surface area contributed by atoms with Gasteiger partial charge in [-0.15, -0.1) is 22.7 Å². The lowest BCUT2D eigenvalue weighted by Crippen LogP contribution is -2.11. The molecule has 10 aromatic carbocycles. The average molecular weight is 812 g/mol. The summed E-state index contributed by atoms with van der Waals surface area (Å²) in [5, 5.41) is 7.57. The molecule has 0 spiro atoms. The fraction of sp³-hybridized carbons (Fsp3) is 0. The molecule has 2 heterocycles. The molecule has 0 saturated carbocycles. The van der Waals surface area contributed by atoms with Gasteiger partial charge < -0.3 is 4.90 Å². The molecule has 0 amide bonds. The number of hydrogen-bond acceptors (Lipinski definition) is 3. The summed E-state index contributed by atoms with van der Waals surface area (Å²) in [5.41, 5.74) is 13.3. The van der Waals surface area contributed by atoms with Crippen LogP contribution in [0.4, 0.5) is 17.1 Å². The lowest BCUT2D eigenvalue weighted by molar-refractivity contribution is 1.32. The zero-order valence-corrected chi connectivity index (χ0v) is 34.8. The van der Waals surface area contributed by atoms with E-state index in [9.17, 15) is 0 Å². The van der Waals surface area contributed by atoms with E-state index in [4.69, 9.17) is 0 Å². The van der Waals surface area contributed by atoms with Crippen molar-refractivity contribution in [2.75, 3.05) is 4.90 Å². The van der Waals surface area contributed by atoms with Crippen LogP contribution in [0.15, 0.2) is 224 Å². The summed E-state index contributed by atoms with van der Waals surface area (Å²) in [6.07, 6.45) is 0. The predicted octanol–water partition coefficient (Wildman–Crippen LogP) is 17.7. The Balaban J connectivity index is 1.12. The Morgan fingerprint density at radius 1 is 0.311 bits per heavy atom. The van der Waals surface area contributed by atoms with E-state index in [1.807, 2.05) is 22.7 Å². The van der Waals surface area contributed by atoms with Gasteiger partial charge in [-0.2, -0.15) is 0 Å². The minimum Gasteiger partial charge on any atom is -0.309 e. The van der Waals surface area contributed by atoms with Gasteiger partial charge in [0.25, 0.3) is 0 Å². The smallest absolute Gasteiger partial charge is 0.0555 e. The standard InChI is InChI=1S/C58H37NS2/c1-4-15-38(16-5-1)43-30-34-49-54(37-43)60-53-26-14-24-50(56(49)53)59(51-36-35-47(40-19-8-3-9-20-40)58-57(51)48-23-12-13-25-52(48)61-58)44-31-27-42(28-32-44)55-45-22-11-10-21-41(45)29-33-46(55)39-17-6-2-7-18-39/h1-37H. The zero-order chi connectivity index (χ0) is 40.3. The van der Waals surface area contributed by atoms with Crippen molar-refractivity contribution < 1.29 is 0 Å². The maximum Gasteiger partial charge on any atom is 0.0555 e. The van der Waals surface area contributed by atoms with Crippen molar-refractivity contribution >= 4 is 90.9 Å². The number of rotatable bonds is 7. The molecule has 0 radical (unpaired) electrons. The highest BCUT2D eigenvalue weighted by molar-refractivity contribution is 7.26. The number of thiophene rings is 2. The summed E-state index contributed by atoms with van der Waals surface area (Å²) < 4.78 is 5.14. The van der Waals surface area contributed by atoms with Gasteiger partial charge in [-0.25, -0.2) is 0 Å². The second kappa shape index (κ2) is 14.8. The highest BCUT2D eigenvalue weighted by Gasteiger charge is 2.24. The van der Waals surface area contributed by atoms with E-state index < -0.39 is 0 Å². The van der Waals surface area contributed by atoms with Gasteiger partial charge in [0.2, 0.25) is 0 Å². The number of benzene rings is 10. The second-order valence-corrected chi connectivity index (χ2v) is 17.7. The van der Waals surface area contributed by atoms with E-state index in [2.05, 4.69) is 229 Å². The molecule has 2 aromatic heterocycles. The van der Waals surface area contributed by atoms with E-state index in [0.29, 0.717) is 0 Å². The first kappa shape index (κ1) is 35.6. The summed E-state index contributed by atoms with van der Waals surface area (Å²) >= 11 is 3.76. The van der Waals surface area contributed by atoms with Crippen LogP contribution in [0, 0.1) is 0 Å². The van der Waals surface area contributed by atoms with Crippen molar-refractivity contribution in [2.45, 2.75) is 0 Å². The molecule has 12 aromatic rings. The quantitative estimate of drug-likeness (QED) is 0.155. The zero-order valence-electron chi connectivity index (χ0n) is 33.1. The van der Waals surface area contributed by atoms with Crippen LogP contribution < -0.4 is 4.90 Å². The Labute approximate surface area is 362 Å². The topological polar surface area (TPSA) is 3.24 Å². The third kappa shape index (κ3) is 6.04. The number of fused-ring (bicyclic) bond motifs is 7. The summed E-state index contributed by atoms with van der Waals surface area (Å²) in [7, 11) is 0. The molecular weight excluding hydrogens is 775 g/mol. The van der Waals surface area contributed by atoms with Crippen LogP contribution in [-0.2, 0) is 0 Å². The summed E-state index contributed by atoms with van der Waals surface area (Å²) in [5.74, 6) is 0. The fourth-order valence-corrected chi connectivity index (χ4v) is 11.7. The minimum absolute atomic E-state index is 1.11. The Morgan fingerprint density at radius 3 is 1.67 bits per heavy atom. The van der Waals surface area contributed by atoms with Crippen molar-refractivity contribution in [1.82, 2.24) is 0 Å². The molecule has 1 nitrogen and oxygen atoms in total. The molecule has 0 fully saturated rings. The first-order valence-electron chi connectivity index (χ1n) is 20.7. The van der Waals surface area contributed by atoms with Crippen molar-refractivity contribution in [2.24, 2.45) is 0 Å². The second-order valence-electron chi connectivity index (χ2n) is 15.6. The maximum atomic E-state index is 2.53. The van der Waals surface area contributed by atoms with Crippen LogP contribution in [-0.4, -0.2) is 0 Å². The van der Waals surface area contributed by atoms with Crippen LogP contribution in [0.3, 0.4) is 0 Å². The van der Waals surface area contributed by atoms with Gasteiger partial charge in [-0.3, -0.25) is 0 Å². The lowest BCUT2D eigenvalue weighted by atomic mass is 9.89. The Kier molecular flexibility index (Phi) is 8.62. The molecule has 0 unspecified atom stereocenters. The summed E-state index contributed by atoms with van der Waals surface area (Å²) in [4.78, 5) is 2.53. The summed E-state index contributed by atoms with van der Waals surface area (Å²) in [6, 6.07) is 82.4. The maximum absolute atomic E-state index is 2.53. The van der Waals surface area contributed by atoms with Crippen LogP contribution >= 0.6 is 22.7 Å². The highest BCUT2D eigenvalue weighted by atomic mass is 32.1. The minimum atomic E-state index is 1.11. The van der Waals surface area contributed by atoms with Crippen LogP contribution in [0.5, 0.6) is 0 Å². The van der Waals surface area contributed by atoms with Gasteiger partial charge in [0.15, 0.2) is 0 Å². The van der Waals surface area contributed by atoms with Crippen LogP contribution in [0.25, 0.3) is 95.6 Å². The largest absolute Gasteiger partial charge is 0.309 e. The number of anilines is 3. The lowest BCUT2D eigenvalue weighted by Gasteiger charge is -2.28. The Morgan fingerprint density at radius 2 is 0.902 bits per heavy atom. The van der Waals surface area contributed by atoms with Crippen molar-refractivity contribution in [3.8, 4) is 44.5 Å². The molecule has 0 saturated heterocycles. The van der Waals surface area contributed by atoms with Gasteiger partial charge in [0.05, 0.1) is 11.4 Å². The molecule has 61 heavy (non-hydrogen) atoms. The number of nitrogens with zero attached hydrogens (tertiary/aromatic N) is 1. The van der Waals surface area contributed by atoms with Gasteiger partial charge in [0, 0.05) is 46.0 Å². The van der Waals surface area contributed by atoms with E-state index in [1.165, 1.54) is 107 Å². The third-order valence-corrected chi connectivity index (χ3v) is 14.4. The van der Waals surface area contributed by atoms with E-state index >= 15 is 0 Å². The van der Waals surface area contributed by atoms with Gasteiger partial charge in [0.1, 0.15) is 0 Å². The summed E-state index contributed by atoms with van der Waals surface area (Å²) in [6.45, 7) is 0. The molecule has 12 rings (SSSR count). The SMILES string of the molecule is c1ccc(-c2ccc3c(c2)sc2cccc(N(c4ccc(-c5c(-c6ccccc6)ccc6ccccc56)cc4)c4ccc(-c5ccccc5)c5sc6ccccc6c45)c23)cc1. The van der Waals surface area contributed by atoms with Gasteiger partial charge in [-0.05, 0) is 97.7 Å². The van der Waals surface area contributed by atoms with Crippen molar-refractivity contribution in [1.29, 1.82) is 0 Å². The first-order chi connectivity index (χ1) is 30.3. The van der Waals surface area contributed by atoms with Crippen molar-refractivity contribution in [3.05, 3.63) is 224 Å². The molecular formula is C58H37NS2. The molecule has 3 heteroatoms. The number of hydrogen-bond donors (Lipinski definition) is 0. The first-order valence-corrected chi connectivity index (χ1v) is 22.4. The normalized spacial score (nSPS) is 11.6. The van der Waals surface area contributed by atoms with E-state index in [1.54, 1.807) is 0 Å². The third-order valence-electron chi connectivity index (χ3n) is 12.1. The molecule has 0 aliphatic carbocycles. The predicted molar refractivity (Wildman–Crippen MR) is 266 cm³/mol. The van der Waals surface area contributed by atoms with E-state index in [0.717, 1.165) is 5.69 Å². The van der Waals surface area contributed by atoms with Crippen LogP contribution in [0.2, 0.25) is 0 Å².